The van der Waals surface area contributed by atoms with Gasteiger partial charge in [0.15, 0.2) is 0 Å². The lowest BCUT2D eigenvalue weighted by Crippen LogP contribution is -2.31. The number of nitrogens with one attached hydrogen (secondary N) is 2. The van der Waals surface area contributed by atoms with E-state index in [4.69, 9.17) is 16.3 Å². The molecule has 2 aromatic carbocycles. The van der Waals surface area contributed by atoms with E-state index >= 15 is 0 Å². The summed E-state index contributed by atoms with van der Waals surface area (Å²) < 4.78 is 5.14. The Balaban J connectivity index is 1.63. The van der Waals surface area contributed by atoms with Crippen LogP contribution in [0.2, 0.25) is 5.02 Å². The zero-order valence-electron chi connectivity index (χ0n) is 13.9. The molecule has 3 aromatic rings. The van der Waals surface area contributed by atoms with Crippen molar-refractivity contribution in [3.05, 3.63) is 64.3 Å². The molecule has 5 heteroatoms. The van der Waals surface area contributed by atoms with E-state index in [9.17, 15) is 4.79 Å². The summed E-state index contributed by atoms with van der Waals surface area (Å²) in [6.45, 7) is 0. The standard InChI is InChI=1S/C20H19ClN2O2/c1-25-13-10-8-12(9-11-13)20(24)22-17-7-3-5-15-14-4-2-6-16(21)18(14)23-19(15)17/h2,4,6,8-11,17,23H,3,5,7H2,1H3,(H,22,24)/t17-/m0/s1. The molecule has 0 fully saturated rings. The molecule has 2 N–H and O–H groups in total. The number of ether oxygens (including phenoxy) is 1. The van der Waals surface area contributed by atoms with Crippen LogP contribution in [0, 0.1) is 0 Å². The van der Waals surface area contributed by atoms with E-state index in [0.29, 0.717) is 10.6 Å². The number of benzene rings is 2. The van der Waals surface area contributed by atoms with Crippen molar-refractivity contribution in [1.29, 1.82) is 0 Å². The van der Waals surface area contributed by atoms with Crippen molar-refractivity contribution in [3.63, 3.8) is 0 Å². The maximum atomic E-state index is 12.6. The minimum absolute atomic E-state index is 0.0261. The van der Waals surface area contributed by atoms with Gasteiger partial charge in [0.1, 0.15) is 5.75 Å². The molecule has 4 nitrogen and oxygen atoms in total. The fourth-order valence-corrected chi connectivity index (χ4v) is 3.80. The van der Waals surface area contributed by atoms with E-state index in [0.717, 1.165) is 41.6 Å². The van der Waals surface area contributed by atoms with Gasteiger partial charge in [0.05, 0.1) is 23.7 Å². The molecule has 0 saturated carbocycles. The maximum Gasteiger partial charge on any atom is 0.251 e. The molecule has 1 amide bonds. The Morgan fingerprint density at radius 1 is 1.24 bits per heavy atom. The van der Waals surface area contributed by atoms with Crippen molar-refractivity contribution >= 4 is 28.4 Å². The van der Waals surface area contributed by atoms with Crippen molar-refractivity contribution in [2.45, 2.75) is 25.3 Å². The summed E-state index contributed by atoms with van der Waals surface area (Å²) in [5.41, 5.74) is 3.93. The number of aromatic amines is 1. The highest BCUT2D eigenvalue weighted by Crippen LogP contribution is 2.37. The van der Waals surface area contributed by atoms with Gasteiger partial charge in [-0.2, -0.15) is 0 Å². The van der Waals surface area contributed by atoms with Crippen LogP contribution in [0.3, 0.4) is 0 Å². The minimum atomic E-state index is -0.0785. The highest BCUT2D eigenvalue weighted by molar-refractivity contribution is 6.35. The molecule has 4 rings (SSSR count). The summed E-state index contributed by atoms with van der Waals surface area (Å²) in [5, 5.41) is 5.03. The first-order valence-corrected chi connectivity index (χ1v) is 8.79. The zero-order chi connectivity index (χ0) is 17.4. The molecular weight excluding hydrogens is 336 g/mol. The van der Waals surface area contributed by atoms with Gasteiger partial charge in [-0.1, -0.05) is 23.7 Å². The Labute approximate surface area is 151 Å². The smallest absolute Gasteiger partial charge is 0.251 e. The van der Waals surface area contributed by atoms with Gasteiger partial charge in [0.2, 0.25) is 0 Å². The fourth-order valence-electron chi connectivity index (χ4n) is 3.58. The lowest BCUT2D eigenvalue weighted by atomic mass is 9.91. The average Bonchev–Trinajstić information content (AvgIpc) is 3.03. The molecule has 1 aliphatic rings. The number of halogens is 1. The third-order valence-corrected chi connectivity index (χ3v) is 5.16. The van der Waals surface area contributed by atoms with Gasteiger partial charge >= 0.3 is 0 Å². The molecular formula is C20H19ClN2O2. The predicted octanol–water partition coefficient (Wildman–Crippen LogP) is 4.64. The molecule has 25 heavy (non-hydrogen) atoms. The Morgan fingerprint density at radius 2 is 2.04 bits per heavy atom. The first-order valence-electron chi connectivity index (χ1n) is 8.41. The van der Waals surface area contributed by atoms with Crippen molar-refractivity contribution < 1.29 is 9.53 Å². The summed E-state index contributed by atoms with van der Waals surface area (Å²) in [5.74, 6) is 0.659. The second-order valence-corrected chi connectivity index (χ2v) is 6.73. The Bertz CT molecular complexity index is 931. The highest BCUT2D eigenvalue weighted by Gasteiger charge is 2.26. The van der Waals surface area contributed by atoms with Gasteiger partial charge in [-0.3, -0.25) is 4.79 Å². The Kier molecular flexibility index (Phi) is 4.14. The molecule has 0 radical (unpaired) electrons. The van der Waals surface area contributed by atoms with Crippen LogP contribution in [0.15, 0.2) is 42.5 Å². The van der Waals surface area contributed by atoms with Crippen LogP contribution in [-0.4, -0.2) is 18.0 Å². The minimum Gasteiger partial charge on any atom is -0.497 e. The third kappa shape index (κ3) is 2.87. The van der Waals surface area contributed by atoms with Gasteiger partial charge in [-0.05, 0) is 55.2 Å². The normalized spacial score (nSPS) is 16.5. The highest BCUT2D eigenvalue weighted by atomic mass is 35.5. The molecule has 0 unspecified atom stereocenters. The van der Waals surface area contributed by atoms with Crippen molar-refractivity contribution in [2.24, 2.45) is 0 Å². The second kappa shape index (κ2) is 6.45. The third-order valence-electron chi connectivity index (χ3n) is 4.85. The molecule has 1 aromatic heterocycles. The number of carbonyl (C=O) groups is 1. The van der Waals surface area contributed by atoms with Crippen molar-refractivity contribution in [2.75, 3.05) is 7.11 Å². The molecule has 0 saturated heterocycles. The van der Waals surface area contributed by atoms with Crippen LogP contribution in [0.4, 0.5) is 0 Å². The number of aromatic nitrogens is 1. The number of fused-ring (bicyclic) bond motifs is 3. The fraction of sp³-hybridized carbons (Fsp3) is 0.250. The first-order chi connectivity index (χ1) is 12.2. The van der Waals surface area contributed by atoms with E-state index in [1.807, 2.05) is 12.1 Å². The summed E-state index contributed by atoms with van der Waals surface area (Å²) in [6, 6.07) is 13.1. The largest absolute Gasteiger partial charge is 0.497 e. The average molecular weight is 355 g/mol. The molecule has 1 aliphatic carbocycles. The summed E-state index contributed by atoms with van der Waals surface area (Å²) in [7, 11) is 1.61. The summed E-state index contributed by atoms with van der Waals surface area (Å²) >= 11 is 6.32. The molecule has 1 atom stereocenters. The number of hydrogen-bond donors (Lipinski definition) is 2. The van der Waals surface area contributed by atoms with Crippen LogP contribution in [-0.2, 0) is 6.42 Å². The van der Waals surface area contributed by atoms with E-state index < -0.39 is 0 Å². The van der Waals surface area contributed by atoms with E-state index in [2.05, 4.69) is 16.4 Å². The van der Waals surface area contributed by atoms with Crippen LogP contribution >= 0.6 is 11.6 Å². The maximum absolute atomic E-state index is 12.6. The number of methoxy groups -OCH3 is 1. The van der Waals surface area contributed by atoms with Gasteiger partial charge in [0, 0.05) is 16.6 Å². The summed E-state index contributed by atoms with van der Waals surface area (Å²) in [4.78, 5) is 16.1. The number of rotatable bonds is 3. The molecule has 0 aliphatic heterocycles. The van der Waals surface area contributed by atoms with Gasteiger partial charge < -0.3 is 15.0 Å². The number of para-hydroxylation sites is 1. The molecule has 0 bridgehead atoms. The molecule has 128 valence electrons. The quantitative estimate of drug-likeness (QED) is 0.720. The van der Waals surface area contributed by atoms with Gasteiger partial charge in [-0.25, -0.2) is 0 Å². The summed E-state index contributed by atoms with van der Waals surface area (Å²) in [6.07, 6.45) is 2.96. The van der Waals surface area contributed by atoms with E-state index in [1.165, 1.54) is 5.56 Å². The number of amides is 1. The molecule has 1 heterocycles. The van der Waals surface area contributed by atoms with Crippen molar-refractivity contribution in [1.82, 2.24) is 10.3 Å². The number of carbonyl (C=O) groups excluding carboxylic acids is 1. The number of aryl methyl sites for hydroxylation is 1. The SMILES string of the molecule is COc1ccc(C(=O)N[C@H]2CCCc3c2[nH]c2c(Cl)cccc32)cc1. The first kappa shape index (κ1) is 16.0. The van der Waals surface area contributed by atoms with Crippen LogP contribution in [0.1, 0.15) is 40.5 Å². The zero-order valence-corrected chi connectivity index (χ0v) is 14.7. The van der Waals surface area contributed by atoms with E-state index in [-0.39, 0.29) is 11.9 Å². The Morgan fingerprint density at radius 3 is 2.80 bits per heavy atom. The monoisotopic (exact) mass is 354 g/mol. The topological polar surface area (TPSA) is 54.1 Å². The Hall–Kier alpha value is -2.46. The van der Waals surface area contributed by atoms with Crippen molar-refractivity contribution in [3.8, 4) is 5.75 Å². The van der Waals surface area contributed by atoms with Gasteiger partial charge in [0.25, 0.3) is 5.91 Å². The lowest BCUT2D eigenvalue weighted by molar-refractivity contribution is 0.0932. The second-order valence-electron chi connectivity index (χ2n) is 6.33. The number of H-pyrrole nitrogens is 1. The van der Waals surface area contributed by atoms with Crippen LogP contribution < -0.4 is 10.1 Å². The van der Waals surface area contributed by atoms with Gasteiger partial charge in [-0.15, -0.1) is 0 Å². The van der Waals surface area contributed by atoms with Crippen LogP contribution in [0.5, 0.6) is 5.75 Å². The predicted molar refractivity (Wildman–Crippen MR) is 99.4 cm³/mol. The van der Waals surface area contributed by atoms with Crippen LogP contribution in [0.25, 0.3) is 10.9 Å². The lowest BCUT2D eigenvalue weighted by Gasteiger charge is -2.24. The number of hydrogen-bond acceptors (Lipinski definition) is 2. The van der Waals surface area contributed by atoms with E-state index in [1.54, 1.807) is 31.4 Å². The molecule has 0 spiro atoms.